The van der Waals surface area contributed by atoms with E-state index in [0.717, 1.165) is 0 Å². The Morgan fingerprint density at radius 2 is 2.00 bits per heavy atom. The Morgan fingerprint density at radius 1 is 1.38 bits per heavy atom. The standard InChI is InChI=1S/C9H19NO4S2/c1-2-15(11,12)6-3-4-9(10)5-7-16(13,14)8-9/h2-8,10H2,1H3. The van der Waals surface area contributed by atoms with Crippen molar-refractivity contribution in [3.8, 4) is 0 Å². The van der Waals surface area contributed by atoms with Crippen LogP contribution in [0.5, 0.6) is 0 Å². The van der Waals surface area contributed by atoms with Crippen LogP contribution in [-0.2, 0) is 19.7 Å². The van der Waals surface area contributed by atoms with Gasteiger partial charge in [-0.15, -0.1) is 0 Å². The summed E-state index contributed by atoms with van der Waals surface area (Å²) in [6, 6.07) is 0. The Balaban J connectivity index is 2.45. The molecule has 1 fully saturated rings. The molecule has 16 heavy (non-hydrogen) atoms. The molecule has 1 saturated heterocycles. The maximum atomic E-state index is 11.3. The van der Waals surface area contributed by atoms with Crippen LogP contribution in [0, 0.1) is 0 Å². The molecule has 0 aliphatic carbocycles. The predicted octanol–water partition coefficient (Wildman–Crippen LogP) is -0.283. The summed E-state index contributed by atoms with van der Waals surface area (Å²) in [6.45, 7) is 1.60. The first-order chi connectivity index (χ1) is 7.18. The van der Waals surface area contributed by atoms with E-state index in [4.69, 9.17) is 5.73 Å². The Bertz CT molecular complexity index is 440. The van der Waals surface area contributed by atoms with Crippen LogP contribution in [0.4, 0.5) is 0 Å². The summed E-state index contributed by atoms with van der Waals surface area (Å²) in [4.78, 5) is 0. The lowest BCUT2D eigenvalue weighted by Crippen LogP contribution is -2.41. The zero-order valence-electron chi connectivity index (χ0n) is 9.48. The molecule has 5 nitrogen and oxygen atoms in total. The molecular formula is C9H19NO4S2. The second kappa shape index (κ2) is 4.62. The molecule has 1 unspecified atom stereocenters. The highest BCUT2D eigenvalue weighted by atomic mass is 32.2. The lowest BCUT2D eigenvalue weighted by molar-refractivity contribution is 0.436. The van der Waals surface area contributed by atoms with Crippen molar-refractivity contribution in [2.75, 3.05) is 23.0 Å². The van der Waals surface area contributed by atoms with Crippen molar-refractivity contribution in [1.29, 1.82) is 0 Å². The first kappa shape index (κ1) is 13.9. The van der Waals surface area contributed by atoms with Gasteiger partial charge in [-0.3, -0.25) is 0 Å². The molecule has 0 amide bonds. The molecule has 7 heteroatoms. The van der Waals surface area contributed by atoms with Crippen LogP contribution in [-0.4, -0.2) is 45.4 Å². The fraction of sp³-hybridized carbons (Fsp3) is 1.00. The van der Waals surface area contributed by atoms with Gasteiger partial charge >= 0.3 is 0 Å². The van der Waals surface area contributed by atoms with E-state index in [0.29, 0.717) is 19.3 Å². The summed E-state index contributed by atoms with van der Waals surface area (Å²) in [5.74, 6) is 0.349. The maximum absolute atomic E-state index is 11.3. The van der Waals surface area contributed by atoms with Crippen LogP contribution in [0.1, 0.15) is 26.2 Å². The number of rotatable bonds is 5. The van der Waals surface area contributed by atoms with Crippen LogP contribution in [0.15, 0.2) is 0 Å². The summed E-state index contributed by atoms with van der Waals surface area (Å²) >= 11 is 0. The third-order valence-corrected chi connectivity index (χ3v) is 6.62. The van der Waals surface area contributed by atoms with Gasteiger partial charge in [0.25, 0.3) is 0 Å². The van der Waals surface area contributed by atoms with E-state index in [1.807, 2.05) is 0 Å². The normalized spacial score (nSPS) is 29.4. The largest absolute Gasteiger partial charge is 0.324 e. The van der Waals surface area contributed by atoms with Crippen LogP contribution in [0.3, 0.4) is 0 Å². The van der Waals surface area contributed by atoms with Crippen molar-refractivity contribution in [2.45, 2.75) is 31.7 Å². The fourth-order valence-corrected chi connectivity index (χ4v) is 4.83. The van der Waals surface area contributed by atoms with Crippen LogP contribution in [0.25, 0.3) is 0 Å². The molecule has 0 aromatic rings. The number of sulfone groups is 2. The molecule has 1 aliphatic heterocycles. The third kappa shape index (κ3) is 4.03. The summed E-state index contributed by atoms with van der Waals surface area (Å²) in [5.41, 5.74) is 5.23. The average Bonchev–Trinajstić information content (AvgIpc) is 2.41. The van der Waals surface area contributed by atoms with E-state index < -0.39 is 25.2 Å². The zero-order valence-corrected chi connectivity index (χ0v) is 11.1. The fourth-order valence-electron chi connectivity index (χ4n) is 1.93. The predicted molar refractivity (Wildman–Crippen MR) is 63.8 cm³/mol. The van der Waals surface area contributed by atoms with Crippen LogP contribution in [0.2, 0.25) is 0 Å². The van der Waals surface area contributed by atoms with Crippen molar-refractivity contribution in [1.82, 2.24) is 0 Å². The van der Waals surface area contributed by atoms with Gasteiger partial charge in [0.1, 0.15) is 9.84 Å². The summed E-state index contributed by atoms with van der Waals surface area (Å²) in [6.07, 6.45) is 1.36. The van der Waals surface area contributed by atoms with E-state index in [1.54, 1.807) is 6.92 Å². The van der Waals surface area contributed by atoms with E-state index in [-0.39, 0.29) is 23.0 Å². The second-order valence-corrected chi connectivity index (χ2v) is 9.20. The Kier molecular flexibility index (Phi) is 4.02. The van der Waals surface area contributed by atoms with Gasteiger partial charge in [-0.25, -0.2) is 16.8 Å². The molecule has 1 aliphatic rings. The topological polar surface area (TPSA) is 94.3 Å². The zero-order chi connectivity index (χ0) is 12.4. The highest BCUT2D eigenvalue weighted by Crippen LogP contribution is 2.25. The van der Waals surface area contributed by atoms with Crippen molar-refractivity contribution in [3.05, 3.63) is 0 Å². The summed E-state index contributed by atoms with van der Waals surface area (Å²) in [5, 5.41) is 0. The Morgan fingerprint density at radius 3 is 2.44 bits per heavy atom. The molecule has 0 spiro atoms. The lowest BCUT2D eigenvalue weighted by atomic mass is 9.95. The minimum absolute atomic E-state index is 0.00777. The van der Waals surface area contributed by atoms with Crippen molar-refractivity contribution >= 4 is 19.7 Å². The lowest BCUT2D eigenvalue weighted by Gasteiger charge is -2.21. The van der Waals surface area contributed by atoms with E-state index in [9.17, 15) is 16.8 Å². The first-order valence-corrected chi connectivity index (χ1v) is 9.02. The average molecular weight is 269 g/mol. The Hall–Kier alpha value is -0.140. The number of hydrogen-bond donors (Lipinski definition) is 1. The van der Waals surface area contributed by atoms with Gasteiger partial charge < -0.3 is 5.73 Å². The van der Waals surface area contributed by atoms with Crippen molar-refractivity contribution in [3.63, 3.8) is 0 Å². The summed E-state index contributed by atoms with van der Waals surface area (Å²) < 4.78 is 45.0. The molecule has 1 heterocycles. The molecule has 0 saturated carbocycles. The minimum atomic E-state index is -3.00. The van der Waals surface area contributed by atoms with E-state index in [2.05, 4.69) is 0 Å². The molecule has 1 atom stereocenters. The molecule has 1 rings (SSSR count). The number of hydrogen-bond acceptors (Lipinski definition) is 5. The van der Waals surface area contributed by atoms with Crippen LogP contribution < -0.4 is 5.73 Å². The smallest absolute Gasteiger partial charge is 0.152 e. The number of nitrogens with two attached hydrogens (primary N) is 1. The minimum Gasteiger partial charge on any atom is -0.324 e. The Labute approximate surface area is 97.2 Å². The van der Waals surface area contributed by atoms with Crippen molar-refractivity contribution in [2.24, 2.45) is 5.73 Å². The van der Waals surface area contributed by atoms with Gasteiger partial charge in [0.2, 0.25) is 0 Å². The molecule has 96 valence electrons. The highest BCUT2D eigenvalue weighted by molar-refractivity contribution is 7.91. The van der Waals surface area contributed by atoms with E-state index >= 15 is 0 Å². The van der Waals surface area contributed by atoms with Gasteiger partial charge in [0.05, 0.1) is 17.3 Å². The molecule has 2 N–H and O–H groups in total. The summed E-state index contributed by atoms with van der Waals surface area (Å²) in [7, 11) is -5.97. The van der Waals surface area contributed by atoms with Crippen LogP contribution >= 0.6 is 0 Å². The highest BCUT2D eigenvalue weighted by Gasteiger charge is 2.38. The van der Waals surface area contributed by atoms with E-state index in [1.165, 1.54) is 0 Å². The molecular weight excluding hydrogens is 250 g/mol. The van der Waals surface area contributed by atoms with Gasteiger partial charge in [-0.2, -0.15) is 0 Å². The second-order valence-electron chi connectivity index (χ2n) is 4.54. The SMILES string of the molecule is CCS(=O)(=O)CCCC1(N)CCS(=O)(=O)C1. The van der Waals surface area contributed by atoms with Gasteiger partial charge in [-0.1, -0.05) is 6.92 Å². The first-order valence-electron chi connectivity index (χ1n) is 5.38. The maximum Gasteiger partial charge on any atom is 0.152 e. The molecule has 0 radical (unpaired) electrons. The monoisotopic (exact) mass is 269 g/mol. The van der Waals surface area contributed by atoms with Gasteiger partial charge in [0.15, 0.2) is 9.84 Å². The van der Waals surface area contributed by atoms with Gasteiger partial charge in [0, 0.05) is 11.3 Å². The molecule has 0 aromatic carbocycles. The quantitative estimate of drug-likeness (QED) is 0.740. The molecule has 0 bridgehead atoms. The van der Waals surface area contributed by atoms with Crippen molar-refractivity contribution < 1.29 is 16.8 Å². The molecule has 0 aromatic heterocycles. The van der Waals surface area contributed by atoms with Gasteiger partial charge in [-0.05, 0) is 19.3 Å². The third-order valence-electron chi connectivity index (χ3n) is 2.99.